The van der Waals surface area contributed by atoms with Gasteiger partial charge in [-0.15, -0.1) is 4.31 Å². The predicted octanol–water partition coefficient (Wildman–Crippen LogP) is 4.20. The van der Waals surface area contributed by atoms with Gasteiger partial charge in [0.2, 0.25) is 0 Å². The van der Waals surface area contributed by atoms with E-state index in [-0.39, 0.29) is 11.9 Å². The molecule has 0 bridgehead atoms. The fourth-order valence-electron chi connectivity index (χ4n) is 4.18. The lowest BCUT2D eigenvalue weighted by atomic mass is 10.0. The molecular formula is C24H25FN4O2S. The van der Waals surface area contributed by atoms with Crippen molar-refractivity contribution in [2.75, 3.05) is 18.9 Å². The van der Waals surface area contributed by atoms with Crippen LogP contribution < -0.4 is 5.73 Å². The van der Waals surface area contributed by atoms with Crippen LogP contribution in [0.25, 0.3) is 22.4 Å². The average Bonchev–Trinajstić information content (AvgIpc) is 3.66. The number of nitrogen functional groups attached to an aromatic ring is 1. The minimum atomic E-state index is -1.33. The van der Waals surface area contributed by atoms with E-state index in [1.165, 1.54) is 18.5 Å². The van der Waals surface area contributed by atoms with E-state index in [4.69, 9.17) is 10.5 Å². The number of hydrogen-bond donors (Lipinski definition) is 1. The van der Waals surface area contributed by atoms with Gasteiger partial charge in [-0.25, -0.2) is 9.37 Å². The fraction of sp³-hybridized carbons (Fsp3) is 0.333. The Bertz CT molecular complexity index is 1090. The van der Waals surface area contributed by atoms with Gasteiger partial charge in [0.25, 0.3) is 0 Å². The van der Waals surface area contributed by atoms with E-state index in [1.807, 2.05) is 30.3 Å². The number of benzene rings is 2. The zero-order valence-electron chi connectivity index (χ0n) is 17.6. The Morgan fingerprint density at radius 1 is 0.969 bits per heavy atom. The first kappa shape index (κ1) is 21.3. The van der Waals surface area contributed by atoms with Crippen molar-refractivity contribution in [1.82, 2.24) is 14.3 Å². The number of aromatic nitrogens is 2. The van der Waals surface area contributed by atoms with Crippen LogP contribution in [0.15, 0.2) is 59.8 Å². The van der Waals surface area contributed by atoms with Crippen molar-refractivity contribution in [2.24, 2.45) is 0 Å². The molecule has 0 amide bonds. The molecule has 6 nitrogen and oxygen atoms in total. The van der Waals surface area contributed by atoms with Gasteiger partial charge in [-0.2, -0.15) is 0 Å². The zero-order valence-corrected chi connectivity index (χ0v) is 18.4. The van der Waals surface area contributed by atoms with Crippen molar-refractivity contribution in [3.63, 3.8) is 0 Å². The Morgan fingerprint density at radius 2 is 1.72 bits per heavy atom. The van der Waals surface area contributed by atoms with Crippen molar-refractivity contribution in [2.45, 2.75) is 42.7 Å². The topological polar surface area (TPSA) is 87.3 Å². The highest BCUT2D eigenvalue weighted by Crippen LogP contribution is 2.39. The van der Waals surface area contributed by atoms with E-state index in [9.17, 15) is 4.55 Å². The summed E-state index contributed by atoms with van der Waals surface area (Å²) in [6.45, 7) is 1.40. The highest BCUT2D eigenvalue weighted by Gasteiger charge is 2.44. The molecule has 32 heavy (non-hydrogen) atoms. The van der Waals surface area contributed by atoms with Gasteiger partial charge in [0.1, 0.15) is 11.6 Å². The molecule has 2 aliphatic rings. The van der Waals surface area contributed by atoms with Crippen LogP contribution in [0.3, 0.4) is 0 Å². The molecule has 0 spiro atoms. The van der Waals surface area contributed by atoms with E-state index >= 15 is 4.39 Å². The number of anilines is 1. The monoisotopic (exact) mass is 452 g/mol. The molecule has 166 valence electrons. The molecule has 0 radical (unpaired) electrons. The third-order valence-electron chi connectivity index (χ3n) is 5.95. The van der Waals surface area contributed by atoms with Crippen molar-refractivity contribution in [1.29, 1.82) is 0 Å². The Labute approximate surface area is 190 Å². The SMILES string of the molecule is Nc1cnc(-c2ccc(-c3ccccc3[S+]([O-])N(C3CCOCC3)C3CC3)cc2F)cn1. The molecule has 2 N–H and O–H groups in total. The standard InChI is InChI=1S/C24H25FN4O2S/c25-21-13-16(5-8-20(21)22-14-28-24(26)15-27-22)19-3-1-2-4-23(19)32(30)29(17-6-7-17)18-9-11-31-12-10-18/h1-5,8,13-15,17-18H,6-7,9-12H2,(H2,26,28). The van der Waals surface area contributed by atoms with E-state index in [0.717, 1.165) is 31.2 Å². The van der Waals surface area contributed by atoms with Crippen LogP contribution in [-0.4, -0.2) is 44.1 Å². The molecule has 5 rings (SSSR count). The third-order valence-corrected chi connectivity index (χ3v) is 7.66. The van der Waals surface area contributed by atoms with E-state index < -0.39 is 17.2 Å². The molecule has 1 aliphatic heterocycles. The highest BCUT2D eigenvalue weighted by atomic mass is 32.2. The van der Waals surface area contributed by atoms with E-state index in [2.05, 4.69) is 14.3 Å². The second kappa shape index (κ2) is 9.15. The summed E-state index contributed by atoms with van der Waals surface area (Å²) in [6, 6.07) is 13.1. The second-order valence-corrected chi connectivity index (χ2v) is 9.56. The summed E-state index contributed by atoms with van der Waals surface area (Å²) in [5.41, 5.74) is 7.81. The molecule has 3 aromatic rings. The van der Waals surface area contributed by atoms with Gasteiger partial charge in [0.05, 0.1) is 41.5 Å². The van der Waals surface area contributed by atoms with Gasteiger partial charge in [0.15, 0.2) is 4.90 Å². The summed E-state index contributed by atoms with van der Waals surface area (Å²) in [7, 11) is 0. The number of rotatable bonds is 6. The first-order chi connectivity index (χ1) is 15.6. The van der Waals surface area contributed by atoms with Gasteiger partial charge in [-0.05, 0) is 55.5 Å². The maximum atomic E-state index is 15.0. The van der Waals surface area contributed by atoms with Crippen LogP contribution in [0.2, 0.25) is 0 Å². The minimum absolute atomic E-state index is 0.244. The van der Waals surface area contributed by atoms with Crippen LogP contribution in [0, 0.1) is 5.82 Å². The van der Waals surface area contributed by atoms with Gasteiger partial charge >= 0.3 is 0 Å². The number of ether oxygens (including phenoxy) is 1. The summed E-state index contributed by atoms with van der Waals surface area (Å²) in [5, 5.41) is 0. The molecule has 1 atom stereocenters. The normalized spacial score (nSPS) is 18.1. The Kier molecular flexibility index (Phi) is 6.10. The average molecular weight is 453 g/mol. The Balaban J connectivity index is 1.47. The lowest BCUT2D eigenvalue weighted by Gasteiger charge is -2.34. The molecule has 1 unspecified atom stereocenters. The maximum absolute atomic E-state index is 15.0. The number of nitrogens with two attached hydrogens (primary N) is 1. The molecule has 1 aliphatic carbocycles. The quantitative estimate of drug-likeness (QED) is 0.564. The van der Waals surface area contributed by atoms with Gasteiger partial charge < -0.3 is 15.0 Å². The smallest absolute Gasteiger partial charge is 0.181 e. The van der Waals surface area contributed by atoms with Gasteiger partial charge in [0, 0.05) is 24.3 Å². The molecule has 1 saturated carbocycles. The van der Waals surface area contributed by atoms with Gasteiger partial charge in [-0.1, -0.05) is 18.2 Å². The summed E-state index contributed by atoms with van der Waals surface area (Å²) < 4.78 is 36.5. The first-order valence-corrected chi connectivity index (χ1v) is 12.0. The lowest BCUT2D eigenvalue weighted by molar-refractivity contribution is 0.0569. The van der Waals surface area contributed by atoms with E-state index in [1.54, 1.807) is 6.07 Å². The summed E-state index contributed by atoms with van der Waals surface area (Å²) in [6.07, 6.45) is 6.77. The predicted molar refractivity (Wildman–Crippen MR) is 122 cm³/mol. The van der Waals surface area contributed by atoms with Crippen LogP contribution in [0.5, 0.6) is 0 Å². The summed E-state index contributed by atoms with van der Waals surface area (Å²) in [5.74, 6) is -0.127. The molecule has 1 saturated heterocycles. The van der Waals surface area contributed by atoms with Crippen LogP contribution in [0.1, 0.15) is 25.7 Å². The Hall–Kier alpha value is -2.52. The number of nitrogens with zero attached hydrogens (tertiary/aromatic N) is 3. The minimum Gasteiger partial charge on any atom is -0.593 e. The van der Waals surface area contributed by atoms with Crippen LogP contribution >= 0.6 is 0 Å². The van der Waals surface area contributed by atoms with Gasteiger partial charge in [-0.3, -0.25) is 4.98 Å². The van der Waals surface area contributed by atoms with Crippen molar-refractivity contribution in [3.8, 4) is 22.4 Å². The number of hydrogen-bond acceptors (Lipinski definition) is 6. The molecule has 8 heteroatoms. The van der Waals surface area contributed by atoms with Crippen molar-refractivity contribution < 1.29 is 13.7 Å². The summed E-state index contributed by atoms with van der Waals surface area (Å²) >= 11 is -1.33. The maximum Gasteiger partial charge on any atom is 0.181 e. The largest absolute Gasteiger partial charge is 0.593 e. The molecule has 2 aromatic carbocycles. The summed E-state index contributed by atoms with van der Waals surface area (Å²) in [4.78, 5) is 8.87. The molecule has 2 heterocycles. The van der Waals surface area contributed by atoms with Crippen molar-refractivity contribution >= 4 is 17.2 Å². The lowest BCUT2D eigenvalue weighted by Crippen LogP contribution is -2.44. The highest BCUT2D eigenvalue weighted by molar-refractivity contribution is 7.89. The van der Waals surface area contributed by atoms with Crippen LogP contribution in [0.4, 0.5) is 10.2 Å². The third kappa shape index (κ3) is 4.36. The molecule has 2 fully saturated rings. The fourth-order valence-corrected chi connectivity index (χ4v) is 5.94. The zero-order chi connectivity index (χ0) is 22.1. The van der Waals surface area contributed by atoms with Crippen LogP contribution in [-0.2, 0) is 16.1 Å². The van der Waals surface area contributed by atoms with E-state index in [0.29, 0.717) is 41.0 Å². The second-order valence-electron chi connectivity index (χ2n) is 8.20. The first-order valence-electron chi connectivity index (χ1n) is 10.9. The number of halogens is 1. The van der Waals surface area contributed by atoms with Crippen molar-refractivity contribution in [3.05, 3.63) is 60.7 Å². The Morgan fingerprint density at radius 3 is 2.41 bits per heavy atom. The molecule has 1 aromatic heterocycles. The molecular weight excluding hydrogens is 427 g/mol.